The predicted octanol–water partition coefficient (Wildman–Crippen LogP) is 7.08. The summed E-state index contributed by atoms with van der Waals surface area (Å²) < 4.78 is 12.2. The summed E-state index contributed by atoms with van der Waals surface area (Å²) in [4.78, 5) is 71.6. The Labute approximate surface area is 438 Å². The average molecular weight is 1040 g/mol. The molecular weight excluding hydrogens is 966 g/mol. The van der Waals surface area contributed by atoms with Crippen LogP contribution in [0.15, 0.2) is 66.3 Å². The quantitative estimate of drug-likeness (QED) is 0.0890. The molecule has 3 aliphatic heterocycles. The van der Waals surface area contributed by atoms with Crippen LogP contribution in [0.25, 0.3) is 10.4 Å². The van der Waals surface area contributed by atoms with E-state index in [2.05, 4.69) is 64.5 Å². The van der Waals surface area contributed by atoms with Gasteiger partial charge in [-0.1, -0.05) is 84.3 Å². The fraction of sp³-hybridized carbons (Fsp3) is 0.545. The zero-order valence-electron chi connectivity index (χ0n) is 43.5. The number of nitriles is 1. The van der Waals surface area contributed by atoms with Crippen molar-refractivity contribution in [2.75, 3.05) is 50.8 Å². The van der Waals surface area contributed by atoms with Gasteiger partial charge in [-0.2, -0.15) is 5.26 Å². The SMILES string of the molecule is Cc1ncsc1-c1ccc([C@H](C)NC(=O)C2C[C@@H](O)CN2C(=O)[C@@H](NC(=O)CCCC2(N3CCN(c4ccc(C(=O)N[C@H]5C(C)(C)[C@H](Oc6ccc(C#N)c(Cl)c6)C5(C)C)cn4)CC3)COC2)C(C)(C)C)cc1. The van der Waals surface area contributed by atoms with E-state index in [0.717, 1.165) is 60.1 Å². The van der Waals surface area contributed by atoms with Crippen LogP contribution >= 0.6 is 22.9 Å². The number of β-amino-alcohol motifs (C(OH)–C–C–N with tert-alkyl or cyclic N) is 1. The van der Waals surface area contributed by atoms with Crippen LogP contribution in [-0.4, -0.2) is 130 Å². The van der Waals surface area contributed by atoms with E-state index >= 15 is 0 Å². The number of hydrogen-bond acceptors (Lipinski definition) is 13. The van der Waals surface area contributed by atoms with Crippen molar-refractivity contribution in [3.8, 4) is 22.3 Å². The van der Waals surface area contributed by atoms with Crippen molar-refractivity contribution in [3.63, 3.8) is 0 Å². The second-order valence-corrected chi connectivity index (χ2v) is 23.9. The number of amides is 4. The summed E-state index contributed by atoms with van der Waals surface area (Å²) >= 11 is 7.85. The number of aliphatic hydroxyl groups is 1. The van der Waals surface area contributed by atoms with Crippen LogP contribution in [0.2, 0.25) is 5.02 Å². The number of anilines is 1. The third-order valence-corrected chi connectivity index (χ3v) is 16.9. The highest BCUT2D eigenvalue weighted by atomic mass is 35.5. The number of ether oxygens (including phenoxy) is 2. The number of halogens is 1. The number of piperazine rings is 1. The largest absolute Gasteiger partial charge is 0.489 e. The predicted molar refractivity (Wildman–Crippen MR) is 281 cm³/mol. The summed E-state index contributed by atoms with van der Waals surface area (Å²) in [5.41, 5.74) is 3.93. The van der Waals surface area contributed by atoms with Crippen LogP contribution in [0, 0.1) is 34.5 Å². The van der Waals surface area contributed by atoms with E-state index in [1.165, 1.54) is 4.90 Å². The second-order valence-electron chi connectivity index (χ2n) is 22.6. The molecular formula is C55H70ClN9O7S. The van der Waals surface area contributed by atoms with E-state index in [1.807, 2.05) is 76.5 Å². The van der Waals surface area contributed by atoms with Crippen molar-refractivity contribution < 1.29 is 33.8 Å². The van der Waals surface area contributed by atoms with Crippen molar-refractivity contribution in [1.82, 2.24) is 35.7 Å². The molecule has 4 N–H and O–H groups in total. The average Bonchev–Trinajstić information content (AvgIpc) is 3.97. The number of nitrogens with zero attached hydrogens (tertiary/aromatic N) is 6. The molecule has 2 aromatic heterocycles. The molecule has 390 valence electrons. The molecule has 4 aliphatic rings. The molecule has 1 unspecified atom stereocenters. The van der Waals surface area contributed by atoms with Crippen molar-refractivity contribution in [3.05, 3.63) is 93.7 Å². The van der Waals surface area contributed by atoms with Crippen LogP contribution in [0.5, 0.6) is 5.75 Å². The minimum Gasteiger partial charge on any atom is -0.489 e. The summed E-state index contributed by atoms with van der Waals surface area (Å²) in [6.45, 7) is 22.0. The first-order valence-electron chi connectivity index (χ1n) is 25.3. The number of aryl methyl sites for hydroxylation is 1. The number of likely N-dealkylation sites (tertiary alicyclic amines) is 1. The topological polar surface area (TPSA) is 202 Å². The number of aliphatic hydroxyl groups excluding tert-OH is 1. The van der Waals surface area contributed by atoms with Crippen molar-refractivity contribution in [2.45, 2.75) is 130 Å². The van der Waals surface area contributed by atoms with E-state index in [0.29, 0.717) is 41.5 Å². The van der Waals surface area contributed by atoms with Crippen molar-refractivity contribution >= 4 is 52.4 Å². The molecule has 4 atom stereocenters. The molecule has 0 radical (unpaired) electrons. The third kappa shape index (κ3) is 11.2. The number of carbonyl (C=O) groups is 4. The maximum absolute atomic E-state index is 14.3. The Hall–Kier alpha value is -5.64. The van der Waals surface area contributed by atoms with Crippen LogP contribution in [0.1, 0.15) is 114 Å². The van der Waals surface area contributed by atoms with E-state index in [9.17, 15) is 29.5 Å². The van der Waals surface area contributed by atoms with Gasteiger partial charge in [-0.15, -0.1) is 11.3 Å². The van der Waals surface area contributed by atoms with Gasteiger partial charge < -0.3 is 40.3 Å². The highest BCUT2D eigenvalue weighted by Crippen LogP contribution is 2.55. The molecule has 4 fully saturated rings. The Morgan fingerprint density at radius 1 is 0.986 bits per heavy atom. The number of thiazole rings is 1. The Balaban J connectivity index is 0.799. The first-order valence-corrected chi connectivity index (χ1v) is 26.6. The zero-order chi connectivity index (χ0) is 52.6. The summed E-state index contributed by atoms with van der Waals surface area (Å²) in [5, 5.41) is 29.7. The molecule has 4 aromatic rings. The molecule has 2 aromatic carbocycles. The summed E-state index contributed by atoms with van der Waals surface area (Å²) in [7, 11) is 0. The van der Waals surface area contributed by atoms with E-state index in [4.69, 9.17) is 26.1 Å². The fourth-order valence-corrected chi connectivity index (χ4v) is 12.6. The third-order valence-electron chi connectivity index (χ3n) is 15.6. The molecule has 0 spiro atoms. The minimum absolute atomic E-state index is 0.000889. The lowest BCUT2D eigenvalue weighted by molar-refractivity contribution is -0.164. The molecule has 5 heterocycles. The number of carbonyl (C=O) groups excluding carboxylic acids is 4. The second kappa shape index (κ2) is 21.3. The fourth-order valence-electron chi connectivity index (χ4n) is 11.6. The smallest absolute Gasteiger partial charge is 0.253 e. The minimum atomic E-state index is -0.912. The van der Waals surface area contributed by atoms with Gasteiger partial charge in [0.15, 0.2) is 0 Å². The monoisotopic (exact) mass is 1040 g/mol. The zero-order valence-corrected chi connectivity index (χ0v) is 45.0. The molecule has 16 nitrogen and oxygen atoms in total. The molecule has 73 heavy (non-hydrogen) atoms. The number of pyridine rings is 1. The maximum atomic E-state index is 14.3. The standard InChI is InChI=1S/C55H70ClN9O7S/c1-33(35-12-14-36(15-13-35)45-34(2)59-32-73-45)60-48(69)42-25-39(66)29-65(42)49(70)46(52(3,4)5)61-44(67)11-10-20-55(30-71-31-55)64-23-21-63(22-24-64)43-19-17-38(28-58-43)47(68)62-50-53(6,7)51(54(50,8)9)72-40-18-16-37(27-57)41(56)26-40/h12-19,26,28,32-33,39,42,46,50-51,66H,10-11,20-25,29-31H2,1-9H3,(H,60,69)(H,61,67)(H,62,68)/t33-,39+,42?,46+,50-,51-/m0/s1. The van der Waals surface area contributed by atoms with Crippen LogP contribution in [-0.2, 0) is 19.1 Å². The number of nitrogens with one attached hydrogen (secondary N) is 3. The van der Waals surface area contributed by atoms with Gasteiger partial charge in [-0.3, -0.25) is 24.1 Å². The first kappa shape index (κ1) is 53.6. The van der Waals surface area contributed by atoms with Gasteiger partial charge in [0.25, 0.3) is 5.91 Å². The Bertz CT molecular complexity index is 2690. The number of aromatic nitrogens is 2. The highest BCUT2D eigenvalue weighted by Gasteiger charge is 2.64. The molecule has 18 heteroatoms. The molecule has 1 aliphatic carbocycles. The normalized spacial score (nSPS) is 23.0. The van der Waals surface area contributed by atoms with Gasteiger partial charge in [0.05, 0.1) is 63.1 Å². The number of hydrogen-bond donors (Lipinski definition) is 4. The van der Waals surface area contributed by atoms with Gasteiger partial charge >= 0.3 is 0 Å². The Morgan fingerprint density at radius 2 is 1.68 bits per heavy atom. The van der Waals surface area contributed by atoms with E-state index < -0.39 is 40.3 Å². The van der Waals surface area contributed by atoms with Gasteiger partial charge in [0.1, 0.15) is 35.8 Å². The molecule has 0 bridgehead atoms. The van der Waals surface area contributed by atoms with Gasteiger partial charge in [0.2, 0.25) is 17.7 Å². The summed E-state index contributed by atoms with van der Waals surface area (Å²) in [5.74, 6) is 0.177. The Kier molecular flexibility index (Phi) is 15.7. The summed E-state index contributed by atoms with van der Waals surface area (Å²) in [6, 6.07) is 16.5. The van der Waals surface area contributed by atoms with E-state index in [1.54, 1.807) is 35.7 Å². The van der Waals surface area contributed by atoms with Crippen molar-refractivity contribution in [2.24, 2.45) is 16.2 Å². The Morgan fingerprint density at radius 3 is 2.26 bits per heavy atom. The first-order chi connectivity index (χ1) is 34.5. The van der Waals surface area contributed by atoms with Crippen LogP contribution < -0.4 is 25.6 Å². The lowest BCUT2D eigenvalue weighted by Crippen LogP contribution is -2.74. The number of rotatable bonds is 16. The molecule has 3 saturated heterocycles. The van der Waals surface area contributed by atoms with Gasteiger partial charge in [-0.25, -0.2) is 9.97 Å². The lowest BCUT2D eigenvalue weighted by atomic mass is 9.49. The van der Waals surface area contributed by atoms with Gasteiger partial charge in [-0.05, 0) is 67.5 Å². The molecule has 4 amide bonds. The maximum Gasteiger partial charge on any atom is 0.253 e. The van der Waals surface area contributed by atoms with E-state index in [-0.39, 0.29) is 60.8 Å². The molecule has 8 rings (SSSR count). The van der Waals surface area contributed by atoms with Crippen molar-refractivity contribution in [1.29, 1.82) is 5.26 Å². The highest BCUT2D eigenvalue weighted by molar-refractivity contribution is 7.13. The van der Waals surface area contributed by atoms with Crippen LogP contribution in [0.4, 0.5) is 5.82 Å². The van der Waals surface area contributed by atoms with Crippen LogP contribution in [0.3, 0.4) is 0 Å². The molecule has 1 saturated carbocycles. The lowest BCUT2D eigenvalue weighted by Gasteiger charge is -2.63. The summed E-state index contributed by atoms with van der Waals surface area (Å²) in [6.07, 6.45) is 2.20. The van der Waals surface area contributed by atoms with Gasteiger partial charge in [0, 0.05) is 74.7 Å². The number of benzene rings is 2.